The zero-order valence-corrected chi connectivity index (χ0v) is 15.5. The lowest BCUT2D eigenvalue weighted by molar-refractivity contribution is 0.354. The third-order valence-corrected chi connectivity index (χ3v) is 4.62. The van der Waals surface area contributed by atoms with Gasteiger partial charge in [0, 0.05) is 20.5 Å². The van der Waals surface area contributed by atoms with Crippen LogP contribution in [-0.2, 0) is 6.54 Å². The molecule has 0 aliphatic heterocycles. The van der Waals surface area contributed by atoms with E-state index in [-0.39, 0.29) is 0 Å². The molecule has 21 heavy (non-hydrogen) atoms. The maximum absolute atomic E-state index is 6.01. The van der Waals surface area contributed by atoms with E-state index in [2.05, 4.69) is 37.2 Å². The number of anilines is 1. The second-order valence-corrected chi connectivity index (χ2v) is 6.42. The standard InChI is InChI=1S/C15H14Br2ClNO2/c1-20-14-5-9(12(17)7-15(14)21-2)8-19-13-6-10(18)3-4-11(13)16/h3-7,19H,8H2,1-2H3. The summed E-state index contributed by atoms with van der Waals surface area (Å²) in [6, 6.07) is 9.45. The molecule has 1 N–H and O–H groups in total. The summed E-state index contributed by atoms with van der Waals surface area (Å²) in [7, 11) is 3.24. The molecule has 0 aromatic heterocycles. The van der Waals surface area contributed by atoms with Crippen LogP contribution < -0.4 is 14.8 Å². The Morgan fingerprint density at radius 2 is 1.67 bits per heavy atom. The summed E-state index contributed by atoms with van der Waals surface area (Å²) in [5, 5.41) is 4.03. The number of methoxy groups -OCH3 is 2. The number of rotatable bonds is 5. The van der Waals surface area contributed by atoms with Crippen molar-refractivity contribution in [2.45, 2.75) is 6.54 Å². The number of hydrogen-bond donors (Lipinski definition) is 1. The zero-order valence-electron chi connectivity index (χ0n) is 11.5. The topological polar surface area (TPSA) is 30.5 Å². The average Bonchev–Trinajstić information content (AvgIpc) is 2.48. The molecule has 6 heteroatoms. The van der Waals surface area contributed by atoms with E-state index in [1.165, 1.54) is 0 Å². The van der Waals surface area contributed by atoms with Crippen LogP contribution in [-0.4, -0.2) is 14.2 Å². The summed E-state index contributed by atoms with van der Waals surface area (Å²) in [5.74, 6) is 1.39. The van der Waals surface area contributed by atoms with Crippen LogP contribution in [0.1, 0.15) is 5.56 Å². The molecule has 0 unspecified atom stereocenters. The van der Waals surface area contributed by atoms with Crippen molar-refractivity contribution in [1.82, 2.24) is 0 Å². The fourth-order valence-corrected chi connectivity index (χ4v) is 2.88. The van der Waals surface area contributed by atoms with Gasteiger partial charge in [-0.25, -0.2) is 0 Å². The van der Waals surface area contributed by atoms with Gasteiger partial charge in [-0.3, -0.25) is 0 Å². The fraction of sp³-hybridized carbons (Fsp3) is 0.200. The van der Waals surface area contributed by atoms with Crippen molar-refractivity contribution in [2.75, 3.05) is 19.5 Å². The van der Waals surface area contributed by atoms with E-state index in [0.717, 1.165) is 20.2 Å². The lowest BCUT2D eigenvalue weighted by atomic mass is 10.2. The molecule has 0 aliphatic carbocycles. The van der Waals surface area contributed by atoms with Gasteiger partial charge in [0.2, 0.25) is 0 Å². The second kappa shape index (κ2) is 7.38. The Morgan fingerprint density at radius 3 is 2.33 bits per heavy atom. The van der Waals surface area contributed by atoms with Gasteiger partial charge < -0.3 is 14.8 Å². The predicted molar refractivity (Wildman–Crippen MR) is 93.7 cm³/mol. The molecule has 0 fully saturated rings. The Bertz CT molecular complexity index is 650. The molecule has 2 rings (SSSR count). The third-order valence-electron chi connectivity index (χ3n) is 2.95. The quantitative estimate of drug-likeness (QED) is 0.673. The van der Waals surface area contributed by atoms with Gasteiger partial charge in [-0.1, -0.05) is 27.5 Å². The molecule has 0 radical (unpaired) electrons. The highest BCUT2D eigenvalue weighted by Gasteiger charge is 2.10. The molecular formula is C15H14Br2ClNO2. The second-order valence-electron chi connectivity index (χ2n) is 4.28. The number of nitrogens with one attached hydrogen (secondary N) is 1. The molecule has 0 atom stereocenters. The number of hydrogen-bond acceptors (Lipinski definition) is 3. The maximum Gasteiger partial charge on any atom is 0.161 e. The summed E-state index contributed by atoms with van der Waals surface area (Å²) >= 11 is 13.1. The van der Waals surface area contributed by atoms with Gasteiger partial charge in [0.25, 0.3) is 0 Å². The summed E-state index contributed by atoms with van der Waals surface area (Å²) in [6.07, 6.45) is 0. The molecule has 112 valence electrons. The van der Waals surface area contributed by atoms with Crippen molar-refractivity contribution < 1.29 is 9.47 Å². The van der Waals surface area contributed by atoms with Crippen LogP contribution in [0.15, 0.2) is 39.3 Å². The van der Waals surface area contributed by atoms with Crippen LogP contribution in [0.2, 0.25) is 5.02 Å². The molecular weight excluding hydrogens is 421 g/mol. The number of benzene rings is 2. The van der Waals surface area contributed by atoms with Crippen LogP contribution in [0, 0.1) is 0 Å². The molecule has 0 heterocycles. The van der Waals surface area contributed by atoms with E-state index in [9.17, 15) is 0 Å². The van der Waals surface area contributed by atoms with E-state index in [0.29, 0.717) is 23.1 Å². The SMILES string of the molecule is COc1cc(Br)c(CNc2cc(Cl)ccc2Br)cc1OC. The van der Waals surface area contributed by atoms with Gasteiger partial charge in [0.15, 0.2) is 11.5 Å². The highest BCUT2D eigenvalue weighted by molar-refractivity contribution is 9.11. The van der Waals surface area contributed by atoms with Crippen molar-refractivity contribution in [1.29, 1.82) is 0 Å². The summed E-state index contributed by atoms with van der Waals surface area (Å²) in [5.41, 5.74) is 1.99. The van der Waals surface area contributed by atoms with Crippen molar-refractivity contribution in [2.24, 2.45) is 0 Å². The van der Waals surface area contributed by atoms with E-state index >= 15 is 0 Å². The van der Waals surface area contributed by atoms with Crippen LogP contribution in [0.3, 0.4) is 0 Å². The minimum absolute atomic E-state index is 0.625. The highest BCUT2D eigenvalue weighted by Crippen LogP contribution is 2.34. The van der Waals surface area contributed by atoms with Crippen LogP contribution in [0.5, 0.6) is 11.5 Å². The zero-order chi connectivity index (χ0) is 15.4. The summed E-state index contributed by atoms with van der Waals surface area (Å²) in [6.45, 7) is 0.625. The Hall–Kier alpha value is -0.910. The molecule has 0 bridgehead atoms. The van der Waals surface area contributed by atoms with Gasteiger partial charge in [-0.2, -0.15) is 0 Å². The van der Waals surface area contributed by atoms with E-state index in [1.807, 2.05) is 30.3 Å². The first kappa shape index (κ1) is 16.5. The first-order chi connectivity index (χ1) is 10.0. The van der Waals surface area contributed by atoms with Gasteiger partial charge in [-0.15, -0.1) is 0 Å². The number of halogens is 3. The molecule has 0 spiro atoms. The highest BCUT2D eigenvalue weighted by atomic mass is 79.9. The van der Waals surface area contributed by atoms with Gasteiger partial charge >= 0.3 is 0 Å². The lowest BCUT2D eigenvalue weighted by Gasteiger charge is -2.14. The predicted octanol–water partition coefficient (Wildman–Crippen LogP) is 5.49. The average molecular weight is 436 g/mol. The largest absolute Gasteiger partial charge is 0.493 e. The van der Waals surface area contributed by atoms with E-state index < -0.39 is 0 Å². The molecule has 2 aromatic carbocycles. The maximum atomic E-state index is 6.01. The Kier molecular flexibility index (Phi) is 5.79. The minimum atomic E-state index is 0.625. The van der Waals surface area contributed by atoms with Crippen LogP contribution >= 0.6 is 43.5 Å². The normalized spacial score (nSPS) is 10.3. The lowest BCUT2D eigenvalue weighted by Crippen LogP contribution is -2.02. The molecule has 0 saturated heterocycles. The Labute approximate surface area is 145 Å². The minimum Gasteiger partial charge on any atom is -0.493 e. The van der Waals surface area contributed by atoms with Crippen molar-refractivity contribution in [3.8, 4) is 11.5 Å². The Morgan fingerprint density at radius 1 is 1.00 bits per heavy atom. The first-order valence-electron chi connectivity index (χ1n) is 6.14. The monoisotopic (exact) mass is 433 g/mol. The third kappa shape index (κ3) is 4.05. The number of ether oxygens (including phenoxy) is 2. The van der Waals surface area contributed by atoms with Crippen molar-refractivity contribution >= 4 is 49.1 Å². The summed E-state index contributed by atoms with van der Waals surface area (Å²) in [4.78, 5) is 0. The fourth-order valence-electron chi connectivity index (χ4n) is 1.86. The van der Waals surface area contributed by atoms with Crippen LogP contribution in [0.25, 0.3) is 0 Å². The van der Waals surface area contributed by atoms with Crippen LogP contribution in [0.4, 0.5) is 5.69 Å². The first-order valence-corrected chi connectivity index (χ1v) is 8.11. The molecule has 0 aliphatic rings. The van der Waals surface area contributed by atoms with Gasteiger partial charge in [0.05, 0.1) is 19.9 Å². The molecule has 2 aromatic rings. The van der Waals surface area contributed by atoms with E-state index in [1.54, 1.807) is 14.2 Å². The molecule has 0 saturated carbocycles. The summed E-state index contributed by atoms with van der Waals surface area (Å²) < 4.78 is 12.5. The van der Waals surface area contributed by atoms with E-state index in [4.69, 9.17) is 21.1 Å². The van der Waals surface area contributed by atoms with Gasteiger partial charge in [0.1, 0.15) is 0 Å². The molecule has 3 nitrogen and oxygen atoms in total. The molecule has 0 amide bonds. The van der Waals surface area contributed by atoms with Gasteiger partial charge in [-0.05, 0) is 51.8 Å². The smallest absolute Gasteiger partial charge is 0.161 e. The Balaban J connectivity index is 2.21. The van der Waals surface area contributed by atoms with Crippen molar-refractivity contribution in [3.63, 3.8) is 0 Å². The van der Waals surface area contributed by atoms with Crippen molar-refractivity contribution in [3.05, 3.63) is 49.9 Å².